The van der Waals surface area contributed by atoms with Crippen molar-refractivity contribution in [3.05, 3.63) is 95.8 Å². The largest absolute Gasteiger partial charge is 0.306 e. The van der Waals surface area contributed by atoms with Crippen molar-refractivity contribution in [3.63, 3.8) is 0 Å². The minimum atomic E-state index is -1.40. The van der Waals surface area contributed by atoms with Crippen molar-refractivity contribution >= 4 is 29.1 Å². The standard InChI is InChI=1S/C30H28FN3O3/c1-18(2)16-23-25-26(28(36)34(27(25)35)20-11-4-3-5-12-20)30(32-23)21-13-7-9-15-24(21)33(29(30)37)17-19-10-6-8-14-22(19)31/h3-15,18,23,25-26,32H,16-17H2,1-2H3/t23-,25+,26+,30-/m0/s1. The number of nitrogens with one attached hydrogen (secondary N) is 1. The van der Waals surface area contributed by atoms with Crippen LogP contribution in [0.3, 0.4) is 0 Å². The molecular weight excluding hydrogens is 469 g/mol. The molecule has 4 atom stereocenters. The van der Waals surface area contributed by atoms with Crippen molar-refractivity contribution in [3.8, 4) is 0 Å². The predicted octanol–water partition coefficient (Wildman–Crippen LogP) is 4.39. The molecule has 0 bridgehead atoms. The fourth-order valence-corrected chi connectivity index (χ4v) is 6.44. The van der Waals surface area contributed by atoms with Gasteiger partial charge in [-0.1, -0.05) is 68.4 Å². The highest BCUT2D eigenvalue weighted by molar-refractivity contribution is 6.26. The quantitative estimate of drug-likeness (QED) is 0.531. The van der Waals surface area contributed by atoms with Crippen LogP contribution in [-0.4, -0.2) is 23.8 Å². The molecule has 6 nitrogen and oxygen atoms in total. The van der Waals surface area contributed by atoms with Gasteiger partial charge in [-0.2, -0.15) is 0 Å². The highest BCUT2D eigenvalue weighted by atomic mass is 19.1. The van der Waals surface area contributed by atoms with E-state index < -0.39 is 23.2 Å². The van der Waals surface area contributed by atoms with Crippen molar-refractivity contribution in [2.45, 2.75) is 38.4 Å². The van der Waals surface area contributed by atoms with Gasteiger partial charge in [0, 0.05) is 22.9 Å². The number of hydrogen-bond donors (Lipinski definition) is 1. The summed E-state index contributed by atoms with van der Waals surface area (Å²) in [5, 5.41) is 3.52. The summed E-state index contributed by atoms with van der Waals surface area (Å²) in [4.78, 5) is 45.2. The van der Waals surface area contributed by atoms with Crippen molar-refractivity contribution in [2.24, 2.45) is 17.8 Å². The van der Waals surface area contributed by atoms with E-state index in [0.717, 1.165) is 0 Å². The molecule has 188 valence electrons. The van der Waals surface area contributed by atoms with E-state index in [1.807, 2.05) is 30.3 Å². The summed E-state index contributed by atoms with van der Waals surface area (Å²) < 4.78 is 14.6. The second kappa shape index (κ2) is 8.63. The van der Waals surface area contributed by atoms with Gasteiger partial charge in [0.15, 0.2) is 0 Å². The lowest BCUT2D eigenvalue weighted by molar-refractivity contribution is -0.132. The molecule has 0 radical (unpaired) electrons. The molecular formula is C30H28FN3O3. The summed E-state index contributed by atoms with van der Waals surface area (Å²) in [5.41, 5.74) is 0.782. The summed E-state index contributed by atoms with van der Waals surface area (Å²) in [7, 11) is 0. The average Bonchev–Trinajstić information content (AvgIpc) is 3.44. The Balaban J connectivity index is 1.50. The summed E-state index contributed by atoms with van der Waals surface area (Å²) >= 11 is 0. The molecule has 7 heteroatoms. The molecule has 3 amide bonds. The molecule has 6 rings (SSSR count). The van der Waals surface area contributed by atoms with Crippen LogP contribution >= 0.6 is 0 Å². The van der Waals surface area contributed by atoms with E-state index in [-0.39, 0.29) is 36.2 Å². The Morgan fingerprint density at radius 3 is 2.30 bits per heavy atom. The number of hydrogen-bond acceptors (Lipinski definition) is 4. The van der Waals surface area contributed by atoms with Gasteiger partial charge in [-0.15, -0.1) is 0 Å². The lowest BCUT2D eigenvalue weighted by Crippen LogP contribution is -2.55. The second-order valence-electron chi connectivity index (χ2n) is 10.5. The van der Waals surface area contributed by atoms with Crippen LogP contribution in [0.4, 0.5) is 15.8 Å². The molecule has 3 heterocycles. The number of carbonyl (C=O) groups excluding carboxylic acids is 3. The van der Waals surface area contributed by atoms with Crippen LogP contribution in [-0.2, 0) is 26.5 Å². The van der Waals surface area contributed by atoms with Crippen LogP contribution in [0.5, 0.6) is 0 Å². The number of fused-ring (bicyclic) bond motifs is 4. The average molecular weight is 498 g/mol. The number of nitrogens with zero attached hydrogens (tertiary/aromatic N) is 2. The van der Waals surface area contributed by atoms with E-state index >= 15 is 0 Å². The number of para-hydroxylation sites is 2. The number of amides is 3. The third-order valence-corrected chi connectivity index (χ3v) is 7.89. The monoisotopic (exact) mass is 497 g/mol. The van der Waals surface area contributed by atoms with E-state index in [1.54, 1.807) is 47.4 Å². The van der Waals surface area contributed by atoms with Gasteiger partial charge >= 0.3 is 0 Å². The van der Waals surface area contributed by atoms with E-state index in [0.29, 0.717) is 28.9 Å². The minimum Gasteiger partial charge on any atom is -0.306 e. The first-order chi connectivity index (χ1) is 17.8. The van der Waals surface area contributed by atoms with E-state index in [4.69, 9.17) is 0 Å². The zero-order valence-electron chi connectivity index (χ0n) is 20.7. The van der Waals surface area contributed by atoms with E-state index in [9.17, 15) is 18.8 Å². The van der Waals surface area contributed by atoms with Gasteiger partial charge < -0.3 is 4.90 Å². The SMILES string of the molecule is CC(C)C[C@@H]1N[C@]2(C(=O)N(Cc3ccccc3F)c3ccccc32)[C@H]2C(=O)N(c3ccccc3)C(=O)[C@H]12. The molecule has 37 heavy (non-hydrogen) atoms. The smallest absolute Gasteiger partial charge is 0.253 e. The Morgan fingerprint density at radius 1 is 0.892 bits per heavy atom. The molecule has 2 saturated heterocycles. The zero-order chi connectivity index (χ0) is 25.9. The summed E-state index contributed by atoms with van der Waals surface area (Å²) in [6, 6.07) is 22.2. The molecule has 3 aliphatic heterocycles. The Kier molecular flexibility index (Phi) is 5.49. The van der Waals surface area contributed by atoms with Crippen LogP contribution < -0.4 is 15.1 Å². The third-order valence-electron chi connectivity index (χ3n) is 7.89. The number of rotatable bonds is 5. The molecule has 3 aromatic rings. The third kappa shape index (κ3) is 3.37. The number of benzene rings is 3. The molecule has 3 aliphatic rings. The molecule has 0 saturated carbocycles. The summed E-state index contributed by atoms with van der Waals surface area (Å²) in [5.74, 6) is -2.72. The first-order valence-electron chi connectivity index (χ1n) is 12.7. The van der Waals surface area contributed by atoms with E-state index in [2.05, 4.69) is 19.2 Å². The molecule has 3 aromatic carbocycles. The summed E-state index contributed by atoms with van der Waals surface area (Å²) in [6.45, 7) is 4.16. The Hall–Kier alpha value is -3.84. The van der Waals surface area contributed by atoms with Gasteiger partial charge in [0.25, 0.3) is 5.91 Å². The van der Waals surface area contributed by atoms with Gasteiger partial charge in [0.2, 0.25) is 11.8 Å². The van der Waals surface area contributed by atoms with Gasteiger partial charge in [0.05, 0.1) is 24.1 Å². The second-order valence-corrected chi connectivity index (χ2v) is 10.5. The highest BCUT2D eigenvalue weighted by Crippen LogP contribution is 2.56. The van der Waals surface area contributed by atoms with Gasteiger partial charge in [-0.05, 0) is 36.6 Å². The van der Waals surface area contributed by atoms with Crippen molar-refractivity contribution in [1.29, 1.82) is 0 Å². The number of halogens is 1. The van der Waals surface area contributed by atoms with Gasteiger partial charge in [-0.3, -0.25) is 19.7 Å². The maximum Gasteiger partial charge on any atom is 0.253 e. The maximum absolute atomic E-state index is 14.6. The Bertz CT molecular complexity index is 1410. The van der Waals surface area contributed by atoms with Crippen molar-refractivity contribution in [1.82, 2.24) is 5.32 Å². The van der Waals surface area contributed by atoms with Crippen LogP contribution in [0, 0.1) is 23.6 Å². The minimum absolute atomic E-state index is 0.0305. The highest BCUT2D eigenvalue weighted by Gasteiger charge is 2.71. The van der Waals surface area contributed by atoms with Crippen molar-refractivity contribution < 1.29 is 18.8 Å². The molecule has 0 unspecified atom stereocenters. The fraction of sp³-hybridized carbons (Fsp3) is 0.300. The van der Waals surface area contributed by atoms with Gasteiger partial charge in [-0.25, -0.2) is 9.29 Å². The molecule has 0 aliphatic carbocycles. The Morgan fingerprint density at radius 2 is 1.57 bits per heavy atom. The topological polar surface area (TPSA) is 69.7 Å². The van der Waals surface area contributed by atoms with Crippen molar-refractivity contribution in [2.75, 3.05) is 9.80 Å². The lowest BCUT2D eigenvalue weighted by atomic mass is 9.76. The number of carbonyl (C=O) groups is 3. The first kappa shape index (κ1) is 23.6. The Labute approximate surface area is 215 Å². The zero-order valence-corrected chi connectivity index (χ0v) is 20.7. The van der Waals surface area contributed by atoms with Gasteiger partial charge in [0.1, 0.15) is 11.4 Å². The fourth-order valence-electron chi connectivity index (χ4n) is 6.44. The summed E-state index contributed by atoms with van der Waals surface area (Å²) in [6.07, 6.45) is 0.632. The molecule has 2 fully saturated rings. The normalized spacial score (nSPS) is 26.5. The van der Waals surface area contributed by atoms with Crippen LogP contribution in [0.2, 0.25) is 0 Å². The number of anilines is 2. The number of imide groups is 1. The molecule has 1 N–H and O–H groups in total. The predicted molar refractivity (Wildman–Crippen MR) is 138 cm³/mol. The van der Waals surface area contributed by atoms with Crippen LogP contribution in [0.15, 0.2) is 78.9 Å². The first-order valence-corrected chi connectivity index (χ1v) is 12.7. The van der Waals surface area contributed by atoms with E-state index in [1.165, 1.54) is 11.0 Å². The lowest BCUT2D eigenvalue weighted by Gasteiger charge is -2.31. The van der Waals surface area contributed by atoms with Crippen LogP contribution in [0.25, 0.3) is 0 Å². The molecule has 1 spiro atoms. The van der Waals surface area contributed by atoms with Crippen LogP contribution in [0.1, 0.15) is 31.4 Å². The molecule has 0 aromatic heterocycles. The maximum atomic E-state index is 14.6.